The average molecular weight is 316 g/mol. The molecule has 1 atom stereocenters. The second-order valence-electron chi connectivity index (χ2n) is 7.04. The van der Waals surface area contributed by atoms with E-state index in [0.29, 0.717) is 17.2 Å². The highest BCUT2D eigenvalue weighted by atomic mass is 16.2. The van der Waals surface area contributed by atoms with Crippen LogP contribution < -0.4 is 10.6 Å². The van der Waals surface area contributed by atoms with Crippen LogP contribution in [0.1, 0.15) is 63.2 Å². The minimum Gasteiger partial charge on any atom is -0.350 e. The molecule has 4 nitrogen and oxygen atoms in total. The molecule has 1 aromatic rings. The molecular weight excluding hydrogens is 288 g/mol. The van der Waals surface area contributed by atoms with Crippen molar-refractivity contribution in [1.29, 1.82) is 0 Å². The molecule has 2 N–H and O–H groups in total. The minimum absolute atomic E-state index is 0.0598. The topological polar surface area (TPSA) is 58.2 Å². The van der Waals surface area contributed by atoms with Crippen molar-refractivity contribution < 1.29 is 9.59 Å². The summed E-state index contributed by atoms with van der Waals surface area (Å²) in [6.45, 7) is 6.46. The molecular formula is C19H28N2O2. The van der Waals surface area contributed by atoms with Crippen molar-refractivity contribution in [2.45, 2.75) is 58.9 Å². The van der Waals surface area contributed by atoms with Crippen molar-refractivity contribution in [2.75, 3.05) is 5.32 Å². The third kappa shape index (κ3) is 6.05. The van der Waals surface area contributed by atoms with Crippen LogP contribution in [0.4, 0.5) is 5.69 Å². The molecule has 1 unspecified atom stereocenters. The van der Waals surface area contributed by atoms with E-state index in [9.17, 15) is 9.59 Å². The number of rotatable bonds is 8. The zero-order chi connectivity index (χ0) is 16.8. The highest BCUT2D eigenvalue weighted by Crippen LogP contribution is 2.30. The smallest absolute Gasteiger partial charge is 0.251 e. The van der Waals surface area contributed by atoms with Crippen LogP contribution in [0.2, 0.25) is 0 Å². The number of amides is 2. The Bertz CT molecular complexity index is 550. The van der Waals surface area contributed by atoms with Gasteiger partial charge in [0.25, 0.3) is 5.91 Å². The average Bonchev–Trinajstić information content (AvgIpc) is 3.31. The van der Waals surface area contributed by atoms with Crippen LogP contribution in [0.5, 0.6) is 0 Å². The van der Waals surface area contributed by atoms with Gasteiger partial charge in [0.1, 0.15) is 0 Å². The van der Waals surface area contributed by atoms with E-state index in [1.165, 1.54) is 6.42 Å². The summed E-state index contributed by atoms with van der Waals surface area (Å²) in [6, 6.07) is 7.31. The highest BCUT2D eigenvalue weighted by molar-refractivity contribution is 5.98. The first kappa shape index (κ1) is 17.5. The van der Waals surface area contributed by atoms with Crippen LogP contribution in [0, 0.1) is 11.8 Å². The van der Waals surface area contributed by atoms with Gasteiger partial charge >= 0.3 is 0 Å². The molecule has 0 saturated heterocycles. The first-order valence-corrected chi connectivity index (χ1v) is 8.67. The van der Waals surface area contributed by atoms with Gasteiger partial charge in [-0.05, 0) is 50.3 Å². The van der Waals surface area contributed by atoms with Crippen molar-refractivity contribution >= 4 is 17.5 Å². The van der Waals surface area contributed by atoms with Crippen LogP contribution in [0.25, 0.3) is 0 Å². The van der Waals surface area contributed by atoms with Gasteiger partial charge in [-0.25, -0.2) is 0 Å². The van der Waals surface area contributed by atoms with Crippen LogP contribution >= 0.6 is 0 Å². The van der Waals surface area contributed by atoms with Gasteiger partial charge in [0, 0.05) is 23.2 Å². The van der Waals surface area contributed by atoms with Gasteiger partial charge in [0.2, 0.25) is 5.91 Å². The second-order valence-corrected chi connectivity index (χ2v) is 7.04. The van der Waals surface area contributed by atoms with Crippen LogP contribution in [0.15, 0.2) is 24.3 Å². The Balaban J connectivity index is 1.84. The summed E-state index contributed by atoms with van der Waals surface area (Å²) < 4.78 is 0. The number of carbonyl (C=O) groups is 2. The maximum Gasteiger partial charge on any atom is 0.251 e. The lowest BCUT2D eigenvalue weighted by Gasteiger charge is -2.15. The molecule has 0 spiro atoms. The number of hydrogen-bond acceptors (Lipinski definition) is 2. The monoisotopic (exact) mass is 316 g/mol. The lowest BCUT2D eigenvalue weighted by Crippen LogP contribution is -2.32. The third-order valence-electron chi connectivity index (χ3n) is 4.14. The molecule has 0 bridgehead atoms. The van der Waals surface area contributed by atoms with Gasteiger partial charge in [-0.15, -0.1) is 0 Å². The Kier molecular flexibility index (Phi) is 6.20. The molecule has 1 aliphatic carbocycles. The molecule has 0 aliphatic heterocycles. The Hall–Kier alpha value is -1.84. The molecule has 0 aromatic heterocycles. The van der Waals surface area contributed by atoms with Crippen molar-refractivity contribution in [3.63, 3.8) is 0 Å². The van der Waals surface area contributed by atoms with E-state index in [0.717, 1.165) is 25.7 Å². The lowest BCUT2D eigenvalue weighted by molar-refractivity contribution is -0.117. The van der Waals surface area contributed by atoms with E-state index in [2.05, 4.69) is 24.5 Å². The lowest BCUT2D eigenvalue weighted by atomic mass is 10.0. The van der Waals surface area contributed by atoms with Crippen molar-refractivity contribution in [2.24, 2.45) is 11.8 Å². The maximum atomic E-state index is 12.3. The predicted molar refractivity (Wildman–Crippen MR) is 93.4 cm³/mol. The second kappa shape index (κ2) is 8.14. The van der Waals surface area contributed by atoms with Crippen molar-refractivity contribution in [1.82, 2.24) is 5.32 Å². The van der Waals surface area contributed by atoms with E-state index < -0.39 is 0 Å². The van der Waals surface area contributed by atoms with Gasteiger partial charge < -0.3 is 10.6 Å². The molecule has 23 heavy (non-hydrogen) atoms. The molecule has 1 saturated carbocycles. The van der Waals surface area contributed by atoms with Crippen LogP contribution in [-0.4, -0.2) is 17.9 Å². The molecule has 1 aliphatic rings. The molecule has 126 valence electrons. The summed E-state index contributed by atoms with van der Waals surface area (Å²) >= 11 is 0. The SMILES string of the molecule is CC(C)CCCC(C)NC(=O)c1cccc(NC(=O)C2CC2)c1. The Morgan fingerprint density at radius 1 is 1.17 bits per heavy atom. The Labute approximate surface area is 139 Å². The fourth-order valence-corrected chi connectivity index (χ4v) is 2.54. The summed E-state index contributed by atoms with van der Waals surface area (Å²) in [4.78, 5) is 24.1. The van der Waals surface area contributed by atoms with Crippen LogP contribution in [0.3, 0.4) is 0 Å². The van der Waals surface area contributed by atoms with Gasteiger partial charge in [0.15, 0.2) is 0 Å². The molecule has 4 heteroatoms. The normalized spacial score (nSPS) is 15.3. The van der Waals surface area contributed by atoms with E-state index in [4.69, 9.17) is 0 Å². The fourth-order valence-electron chi connectivity index (χ4n) is 2.54. The number of carbonyl (C=O) groups excluding carboxylic acids is 2. The summed E-state index contributed by atoms with van der Waals surface area (Å²) in [7, 11) is 0. The zero-order valence-electron chi connectivity index (χ0n) is 14.4. The number of nitrogens with one attached hydrogen (secondary N) is 2. The fraction of sp³-hybridized carbons (Fsp3) is 0.579. The predicted octanol–water partition coefficient (Wildman–Crippen LogP) is 3.98. The van der Waals surface area contributed by atoms with E-state index in [1.807, 2.05) is 13.0 Å². The molecule has 2 amide bonds. The van der Waals surface area contributed by atoms with Gasteiger partial charge in [-0.3, -0.25) is 9.59 Å². The van der Waals surface area contributed by atoms with Gasteiger partial charge in [0.05, 0.1) is 0 Å². The number of hydrogen-bond donors (Lipinski definition) is 2. The molecule has 0 heterocycles. The molecule has 1 aromatic carbocycles. The van der Waals surface area contributed by atoms with Crippen LogP contribution in [-0.2, 0) is 4.79 Å². The summed E-state index contributed by atoms with van der Waals surface area (Å²) in [5.41, 5.74) is 1.29. The Morgan fingerprint density at radius 3 is 2.57 bits per heavy atom. The quantitative estimate of drug-likeness (QED) is 0.762. The molecule has 1 fully saturated rings. The maximum absolute atomic E-state index is 12.3. The molecule has 2 rings (SSSR count). The summed E-state index contributed by atoms with van der Waals surface area (Å²) in [6.07, 6.45) is 5.24. The number of benzene rings is 1. The molecule has 0 radical (unpaired) electrons. The van der Waals surface area contributed by atoms with Crippen molar-refractivity contribution in [3.8, 4) is 0 Å². The first-order chi connectivity index (χ1) is 11.0. The Morgan fingerprint density at radius 2 is 1.91 bits per heavy atom. The number of anilines is 1. The van der Waals surface area contributed by atoms with Crippen molar-refractivity contribution in [3.05, 3.63) is 29.8 Å². The minimum atomic E-state index is -0.0791. The zero-order valence-corrected chi connectivity index (χ0v) is 14.4. The van der Waals surface area contributed by atoms with Gasteiger partial charge in [-0.2, -0.15) is 0 Å². The highest BCUT2D eigenvalue weighted by Gasteiger charge is 2.29. The van der Waals surface area contributed by atoms with Gasteiger partial charge in [-0.1, -0.05) is 32.8 Å². The first-order valence-electron chi connectivity index (χ1n) is 8.67. The third-order valence-corrected chi connectivity index (χ3v) is 4.14. The van der Waals surface area contributed by atoms with E-state index in [-0.39, 0.29) is 23.8 Å². The van der Waals surface area contributed by atoms with E-state index >= 15 is 0 Å². The largest absolute Gasteiger partial charge is 0.350 e. The standard InChI is InChI=1S/C19H28N2O2/c1-13(2)6-4-7-14(3)20-19(23)16-8-5-9-17(12-16)21-18(22)15-10-11-15/h5,8-9,12-15H,4,6-7,10-11H2,1-3H3,(H,20,23)(H,21,22). The summed E-state index contributed by atoms with van der Waals surface area (Å²) in [5, 5.41) is 5.91. The summed E-state index contributed by atoms with van der Waals surface area (Å²) in [5.74, 6) is 0.840. The van der Waals surface area contributed by atoms with E-state index in [1.54, 1.807) is 18.2 Å².